The van der Waals surface area contributed by atoms with Gasteiger partial charge in [-0.3, -0.25) is 4.79 Å². The molecular formula is C27H28N4O4S3+2. The maximum atomic E-state index is 12.7. The number of aromatic nitrogens is 3. The number of carboxylic acids is 1. The Hall–Kier alpha value is -2.99. The molecule has 2 aliphatic heterocycles. The van der Waals surface area contributed by atoms with E-state index in [4.69, 9.17) is 0 Å². The molecule has 2 aliphatic rings. The fourth-order valence-corrected chi connectivity index (χ4v) is 8.63. The van der Waals surface area contributed by atoms with Gasteiger partial charge in [0.25, 0.3) is 6.33 Å². The lowest BCUT2D eigenvalue weighted by Gasteiger charge is -2.46. The Morgan fingerprint density at radius 3 is 2.68 bits per heavy atom. The lowest BCUT2D eigenvalue weighted by Crippen LogP contribution is -2.63. The van der Waals surface area contributed by atoms with Crippen LogP contribution in [0.4, 0.5) is 0 Å². The van der Waals surface area contributed by atoms with Crippen molar-refractivity contribution in [1.29, 1.82) is 0 Å². The maximum Gasteiger partial charge on any atom is 0.352 e. The van der Waals surface area contributed by atoms with Crippen LogP contribution in [0, 0.1) is 11.8 Å². The Balaban J connectivity index is 1.33. The van der Waals surface area contributed by atoms with Gasteiger partial charge in [-0.2, -0.15) is 8.97 Å². The zero-order valence-electron chi connectivity index (χ0n) is 21.1. The molecule has 6 rings (SSSR count). The molecule has 3 aromatic heterocycles. The van der Waals surface area contributed by atoms with Crippen molar-refractivity contribution >= 4 is 56.7 Å². The highest BCUT2D eigenvalue weighted by molar-refractivity contribution is 7.98. The van der Waals surface area contributed by atoms with Gasteiger partial charge in [0, 0.05) is 17.1 Å². The molecule has 0 bridgehead atoms. The van der Waals surface area contributed by atoms with Gasteiger partial charge in [0.05, 0.1) is 28.3 Å². The number of hydrogen-bond donors (Lipinski definition) is 2. The van der Waals surface area contributed by atoms with Gasteiger partial charge in [0.1, 0.15) is 18.4 Å². The number of aliphatic hydroxyl groups excluding tert-OH is 1. The summed E-state index contributed by atoms with van der Waals surface area (Å²) in [5.74, 6) is -2.17. The molecule has 1 aromatic carbocycles. The minimum Gasteiger partial charge on any atom is -0.477 e. The third kappa shape index (κ3) is 4.00. The third-order valence-electron chi connectivity index (χ3n) is 7.48. The van der Waals surface area contributed by atoms with Crippen molar-refractivity contribution in [3.8, 4) is 0 Å². The molecule has 0 radical (unpaired) electrons. The smallest absolute Gasteiger partial charge is 0.352 e. The van der Waals surface area contributed by atoms with Gasteiger partial charge >= 0.3 is 5.97 Å². The molecule has 5 heterocycles. The second kappa shape index (κ2) is 9.64. The van der Waals surface area contributed by atoms with Crippen molar-refractivity contribution in [2.75, 3.05) is 6.26 Å². The van der Waals surface area contributed by atoms with Crippen LogP contribution in [-0.4, -0.2) is 49.8 Å². The highest BCUT2D eigenvalue weighted by atomic mass is 32.2. The number of benzene rings is 1. The van der Waals surface area contributed by atoms with E-state index in [1.807, 2.05) is 19.4 Å². The van der Waals surface area contributed by atoms with E-state index >= 15 is 0 Å². The van der Waals surface area contributed by atoms with E-state index in [0.29, 0.717) is 5.57 Å². The Labute approximate surface area is 232 Å². The first-order valence-electron chi connectivity index (χ1n) is 12.3. The summed E-state index contributed by atoms with van der Waals surface area (Å²) >= 11 is 4.89. The highest BCUT2D eigenvalue weighted by Crippen LogP contribution is 2.51. The van der Waals surface area contributed by atoms with Crippen LogP contribution in [0.3, 0.4) is 0 Å². The molecule has 196 valence electrons. The molecule has 0 saturated carbocycles. The van der Waals surface area contributed by atoms with Gasteiger partial charge in [0.2, 0.25) is 21.3 Å². The maximum absolute atomic E-state index is 12.7. The van der Waals surface area contributed by atoms with Crippen molar-refractivity contribution in [1.82, 2.24) is 9.30 Å². The first-order chi connectivity index (χ1) is 18.3. The van der Waals surface area contributed by atoms with Crippen LogP contribution in [0.25, 0.3) is 10.4 Å². The number of β-lactam (4-membered cyclic amide) rings is 1. The average molecular weight is 569 g/mol. The topological polar surface area (TPSA) is 90.0 Å². The number of aliphatic carboxylic acids is 1. The molecule has 8 nitrogen and oxygen atoms in total. The van der Waals surface area contributed by atoms with Crippen molar-refractivity contribution in [3.63, 3.8) is 0 Å². The zero-order valence-corrected chi connectivity index (χ0v) is 23.6. The molecule has 1 fully saturated rings. The van der Waals surface area contributed by atoms with E-state index in [1.165, 1.54) is 16.0 Å². The standard InChI is InChI=1S/C27H27N4O4S3/c1-15-20(23(27(34)35)31-22(15)21(16(2)32)24(31)33)19-12-30-13-29(25(36-3)26(30)38-19)11-18-6-4-5-17(9-18)10-28-7-8-37-14-28/h4-9,12-16,21-22,32H,10-11H2,1-3H3/q+1/p+1/t15-,16+,21+,22+/m0/s1. The first-order valence-corrected chi connectivity index (χ1v) is 15.3. The number of imidazole rings is 1. The predicted octanol–water partition coefficient (Wildman–Crippen LogP) is 3.11. The summed E-state index contributed by atoms with van der Waals surface area (Å²) in [4.78, 5) is 28.3. The van der Waals surface area contributed by atoms with E-state index in [-0.39, 0.29) is 23.6 Å². The highest BCUT2D eigenvalue weighted by Gasteiger charge is 2.60. The Morgan fingerprint density at radius 1 is 1.26 bits per heavy atom. The second-order valence-corrected chi connectivity index (χ2v) is 12.5. The SMILES string of the molecule is CSc1c2sc(C3=C(C(=O)O)N4C(=O)[C@H]([C@@H](C)O)[C@H]4[C@H]3C)cn2c[n+]1Cc1cccc(C[n+]2ccsc2)c1. The Kier molecular flexibility index (Phi) is 6.42. The van der Waals surface area contributed by atoms with Crippen molar-refractivity contribution < 1.29 is 28.9 Å². The largest absolute Gasteiger partial charge is 0.477 e. The minimum absolute atomic E-state index is 0.0489. The van der Waals surface area contributed by atoms with Crippen LogP contribution in [0.2, 0.25) is 0 Å². The number of thiazole rings is 2. The summed E-state index contributed by atoms with van der Waals surface area (Å²) in [6.07, 6.45) is 7.34. The second-order valence-electron chi connectivity index (χ2n) is 9.90. The van der Waals surface area contributed by atoms with Crippen LogP contribution in [-0.2, 0) is 22.7 Å². The fraction of sp³-hybridized carbons (Fsp3) is 0.333. The van der Waals surface area contributed by atoms with E-state index in [1.54, 1.807) is 41.4 Å². The van der Waals surface area contributed by atoms with E-state index in [0.717, 1.165) is 27.8 Å². The summed E-state index contributed by atoms with van der Waals surface area (Å²) in [5, 5.41) is 23.4. The molecule has 0 spiro atoms. The van der Waals surface area contributed by atoms with Crippen LogP contribution in [0.1, 0.15) is 29.9 Å². The van der Waals surface area contributed by atoms with Gasteiger partial charge in [-0.15, -0.1) is 0 Å². The summed E-state index contributed by atoms with van der Waals surface area (Å²) in [6.45, 7) is 5.11. The summed E-state index contributed by atoms with van der Waals surface area (Å²) in [7, 11) is 0. The van der Waals surface area contributed by atoms with Gasteiger partial charge in [-0.25, -0.2) is 9.36 Å². The number of carbonyl (C=O) groups is 2. The van der Waals surface area contributed by atoms with E-state index < -0.39 is 18.0 Å². The van der Waals surface area contributed by atoms with Crippen molar-refractivity contribution in [2.24, 2.45) is 11.8 Å². The first kappa shape index (κ1) is 25.3. The molecule has 11 heteroatoms. The molecular weight excluding hydrogens is 541 g/mol. The molecule has 1 amide bonds. The number of carbonyl (C=O) groups excluding carboxylic acids is 1. The normalized spacial score (nSPS) is 21.7. The monoisotopic (exact) mass is 568 g/mol. The number of fused-ring (bicyclic) bond motifs is 2. The number of nitrogens with zero attached hydrogens (tertiary/aromatic N) is 4. The van der Waals surface area contributed by atoms with Crippen LogP contribution in [0.5, 0.6) is 0 Å². The Bertz CT molecular complexity index is 1590. The van der Waals surface area contributed by atoms with E-state index in [9.17, 15) is 19.8 Å². The minimum atomic E-state index is -1.11. The number of aliphatic hydroxyl groups is 1. The molecule has 0 aliphatic carbocycles. The summed E-state index contributed by atoms with van der Waals surface area (Å²) in [6, 6.07) is 8.30. The molecule has 1 saturated heterocycles. The number of carboxylic acid groups (broad SMARTS) is 1. The number of amides is 1. The van der Waals surface area contributed by atoms with E-state index in [2.05, 4.69) is 61.2 Å². The molecule has 4 atom stereocenters. The predicted molar refractivity (Wildman–Crippen MR) is 146 cm³/mol. The number of hydrogen-bond acceptors (Lipinski definition) is 6. The van der Waals surface area contributed by atoms with Gasteiger partial charge < -0.3 is 15.1 Å². The summed E-state index contributed by atoms with van der Waals surface area (Å²) < 4.78 is 6.45. The van der Waals surface area contributed by atoms with Crippen LogP contribution < -0.4 is 9.13 Å². The average Bonchev–Trinajstić information content (AvgIpc) is 3.62. The van der Waals surface area contributed by atoms with Gasteiger partial charge in [0.15, 0.2) is 12.7 Å². The molecule has 2 N–H and O–H groups in total. The van der Waals surface area contributed by atoms with Crippen molar-refractivity contribution in [3.05, 3.63) is 75.6 Å². The quantitative estimate of drug-likeness (QED) is 0.194. The van der Waals surface area contributed by atoms with Crippen LogP contribution >= 0.6 is 34.4 Å². The van der Waals surface area contributed by atoms with Gasteiger partial charge in [-0.05, 0) is 24.8 Å². The van der Waals surface area contributed by atoms with Crippen molar-refractivity contribution in [2.45, 2.75) is 44.1 Å². The van der Waals surface area contributed by atoms with Crippen LogP contribution in [0.15, 0.2) is 64.6 Å². The third-order valence-corrected chi connectivity index (χ3v) is 10.2. The lowest BCUT2D eigenvalue weighted by molar-refractivity contribution is -0.721. The fourth-order valence-electron chi connectivity index (χ4n) is 5.85. The molecule has 38 heavy (non-hydrogen) atoms. The number of rotatable bonds is 8. The van der Waals surface area contributed by atoms with Gasteiger partial charge in [-0.1, -0.05) is 59.6 Å². The molecule has 4 aromatic rings. The number of thioether (sulfide) groups is 1. The summed E-state index contributed by atoms with van der Waals surface area (Å²) in [5.41, 5.74) is 5.28. The lowest BCUT2D eigenvalue weighted by atomic mass is 9.77. The molecule has 0 unspecified atom stereocenters. The zero-order chi connectivity index (χ0) is 26.7. The Morgan fingerprint density at radius 2 is 2.03 bits per heavy atom.